The Bertz CT molecular complexity index is 754. The van der Waals surface area contributed by atoms with Crippen molar-refractivity contribution in [2.24, 2.45) is 46.3 Å². The first-order chi connectivity index (χ1) is 14.7. The van der Waals surface area contributed by atoms with E-state index < -0.39 is 0 Å². The quantitative estimate of drug-likeness (QED) is 0.548. The number of aliphatic hydroxyl groups excluding tert-OH is 2. The Morgan fingerprint density at radius 1 is 1.00 bits per heavy atom. The molecule has 12 atom stereocenters. The summed E-state index contributed by atoms with van der Waals surface area (Å²) in [6.45, 7) is 12.1. The summed E-state index contributed by atoms with van der Waals surface area (Å²) in [5, 5.41) is 21.5. The Balaban J connectivity index is 1.28. The molecule has 0 unspecified atom stereocenters. The van der Waals surface area contributed by atoms with E-state index in [4.69, 9.17) is 9.47 Å². The Hall–Kier alpha value is -0.420. The normalized spacial score (nSPS) is 60.9. The minimum absolute atomic E-state index is 0.0261. The van der Waals surface area contributed by atoms with Gasteiger partial charge in [-0.1, -0.05) is 32.9 Å². The van der Waals surface area contributed by atoms with Crippen molar-refractivity contribution in [3.63, 3.8) is 0 Å². The van der Waals surface area contributed by atoms with Gasteiger partial charge in [0.2, 0.25) is 0 Å². The standard InChI is InChI=1S/C27H42O4/c1-15-7-10-27(30-14-15)16(2)24-22(31-27)13-21-19-6-5-17-11-18(28)12-23(29)26(17,4)20(19)8-9-25(21,24)3/h16-24,28-29H,1,5-14H2,2-4H3/t16-,17+,18+,19-,20+,21+,22-,23+,24-,25-,26-,27+/m0/s1. The van der Waals surface area contributed by atoms with Crippen molar-refractivity contribution in [3.8, 4) is 0 Å². The predicted octanol–water partition coefficient (Wildman–Crippen LogP) is 4.68. The molecule has 4 saturated carbocycles. The predicted molar refractivity (Wildman–Crippen MR) is 119 cm³/mol. The van der Waals surface area contributed by atoms with Gasteiger partial charge in [-0.2, -0.15) is 0 Å². The van der Waals surface area contributed by atoms with Crippen LogP contribution in [0.1, 0.15) is 78.6 Å². The molecule has 0 amide bonds. The largest absolute Gasteiger partial charge is 0.393 e. The molecule has 0 aromatic heterocycles. The fraction of sp³-hybridized carbons (Fsp3) is 0.926. The van der Waals surface area contributed by atoms with Gasteiger partial charge in [0.15, 0.2) is 5.79 Å². The van der Waals surface area contributed by atoms with Gasteiger partial charge in [0.05, 0.1) is 24.9 Å². The summed E-state index contributed by atoms with van der Waals surface area (Å²) >= 11 is 0. The summed E-state index contributed by atoms with van der Waals surface area (Å²) in [6, 6.07) is 0. The lowest BCUT2D eigenvalue weighted by Crippen LogP contribution is -2.59. The van der Waals surface area contributed by atoms with Gasteiger partial charge in [0.25, 0.3) is 0 Å². The van der Waals surface area contributed by atoms with Crippen LogP contribution in [0.15, 0.2) is 12.2 Å². The van der Waals surface area contributed by atoms with E-state index in [2.05, 4.69) is 27.4 Å². The highest BCUT2D eigenvalue weighted by Crippen LogP contribution is 2.71. The summed E-state index contributed by atoms with van der Waals surface area (Å²) in [7, 11) is 0. The fourth-order valence-corrected chi connectivity index (χ4v) is 10.1. The Morgan fingerprint density at radius 3 is 2.55 bits per heavy atom. The van der Waals surface area contributed by atoms with E-state index in [-0.39, 0.29) is 23.4 Å². The smallest absolute Gasteiger partial charge is 0.172 e. The van der Waals surface area contributed by atoms with Crippen molar-refractivity contribution in [2.45, 2.75) is 103 Å². The molecule has 2 aliphatic heterocycles. The SMILES string of the molecule is C=C1CC[C@@]2(OC1)O[C@H]1C[C@@H]3[C@H]4CC[C@@H]5C[C@@H](O)C[C@@H](O)[C@]5(C)[C@@H]4CC[C@]3(C)[C@H]1[C@@H]2C. The van der Waals surface area contributed by atoms with E-state index in [0.29, 0.717) is 60.1 Å². The third-order valence-corrected chi connectivity index (χ3v) is 11.8. The van der Waals surface area contributed by atoms with Crippen molar-refractivity contribution in [2.75, 3.05) is 6.61 Å². The molecule has 174 valence electrons. The van der Waals surface area contributed by atoms with Crippen LogP contribution in [0.4, 0.5) is 0 Å². The van der Waals surface area contributed by atoms with Gasteiger partial charge < -0.3 is 19.7 Å². The lowest BCUT2D eigenvalue weighted by atomic mass is 9.43. The fourth-order valence-electron chi connectivity index (χ4n) is 10.1. The van der Waals surface area contributed by atoms with Crippen molar-refractivity contribution < 1.29 is 19.7 Å². The molecule has 2 heterocycles. The van der Waals surface area contributed by atoms with E-state index in [0.717, 1.165) is 25.7 Å². The second-order valence-corrected chi connectivity index (χ2v) is 12.8. The van der Waals surface area contributed by atoms with Crippen LogP contribution in [0.2, 0.25) is 0 Å². The molecule has 1 spiro atoms. The van der Waals surface area contributed by atoms with E-state index in [1.807, 2.05) is 0 Å². The minimum Gasteiger partial charge on any atom is -0.393 e. The van der Waals surface area contributed by atoms with Crippen LogP contribution in [0.5, 0.6) is 0 Å². The summed E-state index contributed by atoms with van der Waals surface area (Å²) in [6.07, 6.45) is 9.13. The van der Waals surface area contributed by atoms with E-state index >= 15 is 0 Å². The molecule has 6 aliphatic rings. The highest BCUT2D eigenvalue weighted by molar-refractivity contribution is 5.17. The minimum atomic E-state index is -0.388. The van der Waals surface area contributed by atoms with Crippen LogP contribution in [0, 0.1) is 46.3 Å². The molecule has 6 rings (SSSR count). The van der Waals surface area contributed by atoms with Gasteiger partial charge in [-0.3, -0.25) is 0 Å². The number of hydrogen-bond donors (Lipinski definition) is 2. The summed E-state index contributed by atoms with van der Waals surface area (Å²) in [5.74, 6) is 3.06. The first kappa shape index (κ1) is 21.1. The van der Waals surface area contributed by atoms with Crippen LogP contribution in [0.3, 0.4) is 0 Å². The van der Waals surface area contributed by atoms with E-state index in [1.165, 1.54) is 31.3 Å². The highest BCUT2D eigenvalue weighted by atomic mass is 16.7. The average Bonchev–Trinajstić information content (AvgIpc) is 3.16. The topological polar surface area (TPSA) is 58.9 Å². The second kappa shape index (κ2) is 6.81. The molecule has 2 N–H and O–H groups in total. The molecule has 4 nitrogen and oxygen atoms in total. The third kappa shape index (κ3) is 2.68. The molecule has 31 heavy (non-hydrogen) atoms. The van der Waals surface area contributed by atoms with Gasteiger partial charge in [0.1, 0.15) is 0 Å². The van der Waals surface area contributed by atoms with Crippen LogP contribution >= 0.6 is 0 Å². The van der Waals surface area contributed by atoms with Gasteiger partial charge in [0, 0.05) is 12.3 Å². The summed E-state index contributed by atoms with van der Waals surface area (Å²) in [4.78, 5) is 0. The molecule has 0 aromatic carbocycles. The zero-order valence-corrected chi connectivity index (χ0v) is 19.7. The van der Waals surface area contributed by atoms with Crippen LogP contribution in [0.25, 0.3) is 0 Å². The van der Waals surface area contributed by atoms with Crippen molar-refractivity contribution in [1.29, 1.82) is 0 Å². The van der Waals surface area contributed by atoms with Gasteiger partial charge in [-0.25, -0.2) is 0 Å². The maximum absolute atomic E-state index is 11.2. The lowest BCUT2D eigenvalue weighted by molar-refractivity contribution is -0.257. The van der Waals surface area contributed by atoms with Crippen LogP contribution < -0.4 is 0 Å². The Labute approximate surface area is 187 Å². The van der Waals surface area contributed by atoms with Crippen LogP contribution in [-0.4, -0.2) is 40.9 Å². The molecule has 6 fully saturated rings. The molecule has 0 bridgehead atoms. The highest BCUT2D eigenvalue weighted by Gasteiger charge is 2.69. The molecule has 2 saturated heterocycles. The lowest BCUT2D eigenvalue weighted by Gasteiger charge is -2.62. The maximum atomic E-state index is 11.2. The van der Waals surface area contributed by atoms with Gasteiger partial charge in [-0.05, 0) is 91.8 Å². The molecule has 4 heteroatoms. The first-order valence-corrected chi connectivity index (χ1v) is 13.0. The second-order valence-electron chi connectivity index (χ2n) is 12.8. The van der Waals surface area contributed by atoms with Gasteiger partial charge in [-0.15, -0.1) is 0 Å². The zero-order chi connectivity index (χ0) is 21.8. The molecular formula is C27H42O4. The third-order valence-electron chi connectivity index (χ3n) is 11.8. The monoisotopic (exact) mass is 430 g/mol. The molecule has 0 radical (unpaired) electrons. The number of hydrogen-bond acceptors (Lipinski definition) is 4. The molecule has 0 aromatic rings. The van der Waals surface area contributed by atoms with E-state index in [1.54, 1.807) is 0 Å². The van der Waals surface area contributed by atoms with Crippen molar-refractivity contribution >= 4 is 0 Å². The first-order valence-electron chi connectivity index (χ1n) is 13.0. The van der Waals surface area contributed by atoms with Crippen molar-refractivity contribution in [3.05, 3.63) is 12.2 Å². The number of ether oxygens (including phenoxy) is 2. The maximum Gasteiger partial charge on any atom is 0.172 e. The Kier molecular flexibility index (Phi) is 4.64. The number of rotatable bonds is 0. The van der Waals surface area contributed by atoms with Gasteiger partial charge >= 0.3 is 0 Å². The van der Waals surface area contributed by atoms with Crippen molar-refractivity contribution in [1.82, 2.24) is 0 Å². The summed E-state index contributed by atoms with van der Waals surface area (Å²) < 4.78 is 13.2. The number of fused-ring (bicyclic) bond motifs is 7. The Morgan fingerprint density at radius 2 is 1.81 bits per heavy atom. The molecule has 4 aliphatic carbocycles. The average molecular weight is 431 g/mol. The number of aliphatic hydroxyl groups is 2. The molecular weight excluding hydrogens is 388 g/mol. The summed E-state index contributed by atoms with van der Waals surface area (Å²) in [5.41, 5.74) is 1.49. The zero-order valence-electron chi connectivity index (χ0n) is 19.7. The van der Waals surface area contributed by atoms with Crippen LogP contribution in [-0.2, 0) is 9.47 Å². The van der Waals surface area contributed by atoms with E-state index in [9.17, 15) is 10.2 Å².